The van der Waals surface area contributed by atoms with Crippen LogP contribution >= 0.6 is 0 Å². The molecule has 2 aromatic rings. The van der Waals surface area contributed by atoms with Crippen molar-refractivity contribution in [1.82, 2.24) is 9.80 Å². The standard InChI is InChI=1S/C33H43N3O3/c1-6-25-15-12-16-27(19-25)33(17-10-11-18-33)20-28-34-30(37)29(39-22-26-13-8-7-9-14-26)32(5)31(38)36(23(2)3)24(4)21-35(28)32/h7-9,12-16,19,23-24,29H,6,10-11,17-18,20-22H2,1-5H3/t24-,29?,32?/m0/s1. The van der Waals surface area contributed by atoms with Crippen LogP contribution in [-0.4, -0.2) is 57.7 Å². The fourth-order valence-corrected chi connectivity index (χ4v) is 7.14. The molecule has 0 aromatic heterocycles. The van der Waals surface area contributed by atoms with Crippen LogP contribution in [0.4, 0.5) is 0 Å². The van der Waals surface area contributed by atoms with Crippen molar-refractivity contribution in [2.75, 3.05) is 6.54 Å². The average molecular weight is 530 g/mol. The van der Waals surface area contributed by atoms with E-state index < -0.39 is 11.6 Å². The monoisotopic (exact) mass is 529 g/mol. The van der Waals surface area contributed by atoms with Gasteiger partial charge in [0.2, 0.25) is 0 Å². The van der Waals surface area contributed by atoms with E-state index in [2.05, 4.69) is 43.0 Å². The lowest BCUT2D eigenvalue weighted by atomic mass is 9.73. The van der Waals surface area contributed by atoms with Gasteiger partial charge in [0.15, 0.2) is 11.6 Å². The predicted molar refractivity (Wildman–Crippen MR) is 155 cm³/mol. The summed E-state index contributed by atoms with van der Waals surface area (Å²) in [6.45, 7) is 11.2. The van der Waals surface area contributed by atoms with Crippen LogP contribution in [0.25, 0.3) is 0 Å². The molecule has 0 spiro atoms. The molecule has 1 saturated carbocycles. The number of aliphatic imine (C=N–C) groups is 1. The summed E-state index contributed by atoms with van der Waals surface area (Å²) >= 11 is 0. The van der Waals surface area contributed by atoms with E-state index in [1.807, 2.05) is 56.0 Å². The lowest BCUT2D eigenvalue weighted by molar-refractivity contribution is -0.173. The number of benzene rings is 2. The molecule has 2 unspecified atom stereocenters. The molecule has 6 heteroatoms. The van der Waals surface area contributed by atoms with Gasteiger partial charge in [0.05, 0.1) is 6.61 Å². The van der Waals surface area contributed by atoms with Crippen LogP contribution in [0.2, 0.25) is 0 Å². The van der Waals surface area contributed by atoms with Crippen molar-refractivity contribution in [3.05, 3.63) is 71.3 Å². The average Bonchev–Trinajstić information content (AvgIpc) is 3.40. The Labute approximate surface area is 233 Å². The van der Waals surface area contributed by atoms with Gasteiger partial charge >= 0.3 is 0 Å². The van der Waals surface area contributed by atoms with Crippen molar-refractivity contribution >= 4 is 17.6 Å². The first-order valence-electron chi connectivity index (χ1n) is 14.7. The maximum absolute atomic E-state index is 14.3. The van der Waals surface area contributed by atoms with Gasteiger partial charge in [0, 0.05) is 30.5 Å². The van der Waals surface area contributed by atoms with Gasteiger partial charge in [-0.15, -0.1) is 0 Å². The minimum absolute atomic E-state index is 0.00157. The molecule has 5 rings (SSSR count). The molecule has 6 nitrogen and oxygen atoms in total. The summed E-state index contributed by atoms with van der Waals surface area (Å²) in [6, 6.07) is 18.8. The lowest BCUT2D eigenvalue weighted by Crippen LogP contribution is -2.76. The van der Waals surface area contributed by atoms with E-state index >= 15 is 0 Å². The third-order valence-corrected chi connectivity index (χ3v) is 9.26. The Morgan fingerprint density at radius 2 is 1.72 bits per heavy atom. The van der Waals surface area contributed by atoms with Crippen molar-refractivity contribution < 1.29 is 14.3 Å². The Kier molecular flexibility index (Phi) is 7.69. The highest BCUT2D eigenvalue weighted by Crippen LogP contribution is 2.47. The summed E-state index contributed by atoms with van der Waals surface area (Å²) in [7, 11) is 0. The summed E-state index contributed by atoms with van der Waals surface area (Å²) < 4.78 is 6.30. The minimum Gasteiger partial charge on any atom is -0.361 e. The van der Waals surface area contributed by atoms with E-state index in [4.69, 9.17) is 9.73 Å². The number of amidine groups is 1. The maximum Gasteiger partial charge on any atom is 0.279 e. The molecular formula is C33H43N3O3. The number of piperazine rings is 1. The van der Waals surface area contributed by atoms with E-state index in [0.29, 0.717) is 13.0 Å². The second-order valence-electron chi connectivity index (χ2n) is 12.2. The Bertz CT molecular complexity index is 1230. The van der Waals surface area contributed by atoms with Crippen molar-refractivity contribution in [2.24, 2.45) is 4.99 Å². The molecule has 0 bridgehead atoms. The molecule has 2 aliphatic heterocycles. The number of carbonyl (C=O) groups is 2. The van der Waals surface area contributed by atoms with E-state index in [1.165, 1.54) is 11.1 Å². The number of fused-ring (bicyclic) bond motifs is 1. The van der Waals surface area contributed by atoms with Gasteiger partial charge in [-0.25, -0.2) is 0 Å². The smallest absolute Gasteiger partial charge is 0.279 e. The largest absolute Gasteiger partial charge is 0.361 e. The van der Waals surface area contributed by atoms with Crippen molar-refractivity contribution in [3.8, 4) is 0 Å². The number of nitrogens with zero attached hydrogens (tertiary/aromatic N) is 3. The van der Waals surface area contributed by atoms with Crippen molar-refractivity contribution in [1.29, 1.82) is 0 Å². The number of rotatable bonds is 8. The predicted octanol–water partition coefficient (Wildman–Crippen LogP) is 5.67. The van der Waals surface area contributed by atoms with Gasteiger partial charge in [-0.3, -0.25) is 9.59 Å². The zero-order chi connectivity index (χ0) is 27.8. The Hall–Kier alpha value is -2.99. The number of aryl methyl sites for hydroxylation is 1. The molecule has 3 aliphatic rings. The number of hydrogen-bond acceptors (Lipinski definition) is 4. The van der Waals surface area contributed by atoms with Crippen LogP contribution in [-0.2, 0) is 32.8 Å². The summed E-state index contributed by atoms with van der Waals surface area (Å²) in [5, 5.41) is 0. The van der Waals surface area contributed by atoms with Gasteiger partial charge in [-0.2, -0.15) is 4.99 Å². The first-order valence-corrected chi connectivity index (χ1v) is 14.7. The molecule has 2 fully saturated rings. The van der Waals surface area contributed by atoms with Crippen molar-refractivity contribution in [2.45, 2.75) is 109 Å². The first-order chi connectivity index (χ1) is 18.7. The highest BCUT2D eigenvalue weighted by Gasteiger charge is 2.60. The molecule has 0 radical (unpaired) electrons. The van der Waals surface area contributed by atoms with Crippen LogP contribution in [0.15, 0.2) is 59.6 Å². The number of ether oxygens (including phenoxy) is 1. The number of hydrogen-bond donors (Lipinski definition) is 0. The van der Waals surface area contributed by atoms with Crippen LogP contribution in [0.5, 0.6) is 0 Å². The summed E-state index contributed by atoms with van der Waals surface area (Å²) in [6.07, 6.45) is 5.13. The third-order valence-electron chi connectivity index (χ3n) is 9.26. The van der Waals surface area contributed by atoms with Crippen molar-refractivity contribution in [3.63, 3.8) is 0 Å². The lowest BCUT2D eigenvalue weighted by Gasteiger charge is -2.56. The second kappa shape index (κ2) is 10.9. The Morgan fingerprint density at radius 3 is 2.38 bits per heavy atom. The molecule has 2 heterocycles. The normalized spacial score (nSPS) is 26.7. The summed E-state index contributed by atoms with van der Waals surface area (Å²) in [5.41, 5.74) is 2.40. The van der Waals surface area contributed by atoms with Crippen LogP contribution in [0.1, 0.15) is 83.4 Å². The van der Waals surface area contributed by atoms with E-state index in [9.17, 15) is 9.59 Å². The highest BCUT2D eigenvalue weighted by atomic mass is 16.5. The minimum atomic E-state index is -1.15. The van der Waals surface area contributed by atoms with Gasteiger partial charge in [0.25, 0.3) is 11.8 Å². The van der Waals surface area contributed by atoms with Gasteiger partial charge in [-0.05, 0) is 63.6 Å². The molecule has 39 heavy (non-hydrogen) atoms. The van der Waals surface area contributed by atoms with Crippen LogP contribution in [0, 0.1) is 0 Å². The summed E-state index contributed by atoms with van der Waals surface area (Å²) in [4.78, 5) is 36.9. The van der Waals surface area contributed by atoms with Gasteiger partial charge in [-0.1, -0.05) is 74.4 Å². The summed E-state index contributed by atoms with van der Waals surface area (Å²) in [5.74, 6) is 0.347. The zero-order valence-electron chi connectivity index (χ0n) is 24.2. The van der Waals surface area contributed by atoms with E-state index in [0.717, 1.165) is 43.5 Å². The maximum atomic E-state index is 14.3. The van der Waals surface area contributed by atoms with Crippen LogP contribution < -0.4 is 0 Å². The SMILES string of the molecule is CCc1cccc(C2(CC3=NC(=O)C(OCc4ccccc4)C4(C)C(=O)N(C(C)C)[C@@H](C)CN34)CCCC2)c1. The van der Waals surface area contributed by atoms with E-state index in [1.54, 1.807) is 0 Å². The molecule has 1 saturated heterocycles. The van der Waals surface area contributed by atoms with Gasteiger partial charge in [0.1, 0.15) is 5.84 Å². The number of amides is 2. The molecule has 2 aromatic carbocycles. The molecule has 0 N–H and O–H groups in total. The third kappa shape index (κ3) is 4.93. The topological polar surface area (TPSA) is 62.2 Å². The first kappa shape index (κ1) is 27.6. The molecule has 2 amide bonds. The molecule has 3 atom stereocenters. The highest BCUT2D eigenvalue weighted by molar-refractivity contribution is 6.08. The van der Waals surface area contributed by atoms with E-state index in [-0.39, 0.29) is 35.9 Å². The second-order valence-corrected chi connectivity index (χ2v) is 12.2. The Morgan fingerprint density at radius 1 is 1.03 bits per heavy atom. The van der Waals surface area contributed by atoms with Gasteiger partial charge < -0.3 is 14.5 Å². The fraction of sp³-hybridized carbons (Fsp3) is 0.545. The molecule has 208 valence electrons. The number of carbonyl (C=O) groups excluding carboxylic acids is 2. The Balaban J connectivity index is 1.54. The molecule has 1 aliphatic carbocycles. The van der Waals surface area contributed by atoms with Crippen LogP contribution in [0.3, 0.4) is 0 Å². The molecular weight excluding hydrogens is 486 g/mol. The quantitative estimate of drug-likeness (QED) is 0.442. The zero-order valence-corrected chi connectivity index (χ0v) is 24.2. The fourth-order valence-electron chi connectivity index (χ4n) is 7.14.